The van der Waals surface area contributed by atoms with Gasteiger partial charge in [0.25, 0.3) is 0 Å². The quantitative estimate of drug-likeness (QED) is 0.107. The number of hydrogen-bond donors (Lipinski definition) is 2. The second-order valence-electron chi connectivity index (χ2n) is 32.4. The van der Waals surface area contributed by atoms with Crippen LogP contribution in [0.2, 0.25) is 0 Å². The SMILES string of the molecule is CC(C)(C)CC(C)(C)c1cc(-c2cc(C(C)(C)C)cc(C(C)(C)C)c2)c(O)c(-c2cc(F)ccc2OCC2CCCCC2COc2ccc(F)cc2-c2cc(C(C)(C)CC(C)(C)C)cc(-c3cc(C(C)(C)C)cc(C(C)(C)C)c3)c2O)c1.[CH3-].[CH3-].[Zr+2]. The number of aromatic hydroxyl groups is 2. The van der Waals surface area contributed by atoms with Gasteiger partial charge in [-0.3, -0.25) is 0 Å². The van der Waals surface area contributed by atoms with Crippen LogP contribution >= 0.6 is 0 Å². The van der Waals surface area contributed by atoms with Crippen molar-refractivity contribution in [2.45, 2.75) is 223 Å². The molecule has 7 heteroatoms. The van der Waals surface area contributed by atoms with E-state index in [1.807, 2.05) is 0 Å². The Morgan fingerprint density at radius 2 is 0.659 bits per heavy atom. The van der Waals surface area contributed by atoms with Crippen LogP contribution in [0.5, 0.6) is 23.0 Å². The average Bonchev–Trinajstić information content (AvgIpc) is 1.99. The fourth-order valence-corrected chi connectivity index (χ4v) is 12.8. The van der Waals surface area contributed by atoms with Crippen LogP contribution in [0.3, 0.4) is 0 Å². The van der Waals surface area contributed by atoms with Gasteiger partial charge in [0.1, 0.15) is 34.6 Å². The maximum absolute atomic E-state index is 15.8. The van der Waals surface area contributed by atoms with Gasteiger partial charge in [-0.15, -0.1) is 0 Å². The van der Waals surface area contributed by atoms with Gasteiger partial charge in [-0.1, -0.05) is 202 Å². The summed E-state index contributed by atoms with van der Waals surface area (Å²) in [6.07, 6.45) is 5.64. The Morgan fingerprint density at radius 1 is 0.376 bits per heavy atom. The number of benzene rings is 6. The van der Waals surface area contributed by atoms with Gasteiger partial charge in [-0.05, 0) is 186 Å². The molecule has 0 saturated heterocycles. The van der Waals surface area contributed by atoms with Crippen molar-refractivity contribution < 1.29 is 54.7 Å². The van der Waals surface area contributed by atoms with Gasteiger partial charge in [0, 0.05) is 33.4 Å². The minimum absolute atomic E-state index is 0. The van der Waals surface area contributed by atoms with Gasteiger partial charge in [-0.25, -0.2) is 8.78 Å². The van der Waals surface area contributed by atoms with Gasteiger partial charge in [-0.2, -0.15) is 0 Å². The molecule has 6 aromatic carbocycles. The monoisotopic (exact) mass is 1240 g/mol. The largest absolute Gasteiger partial charge is 2.00 e. The summed E-state index contributed by atoms with van der Waals surface area (Å²) < 4.78 is 45.4. The molecule has 85 heavy (non-hydrogen) atoms. The zero-order chi connectivity index (χ0) is 61.1. The summed E-state index contributed by atoms with van der Waals surface area (Å²) in [6.45, 7) is 49.9. The number of phenols is 2. The van der Waals surface area contributed by atoms with Crippen molar-refractivity contribution in [3.05, 3.63) is 157 Å². The van der Waals surface area contributed by atoms with Crippen molar-refractivity contribution >= 4 is 0 Å². The molecule has 4 nitrogen and oxygen atoms in total. The fraction of sp³-hybridized carbons (Fsp3) is 0.513. The van der Waals surface area contributed by atoms with Crippen LogP contribution in [0.4, 0.5) is 8.78 Å². The normalized spacial score (nSPS) is 15.6. The molecule has 1 aliphatic rings. The first-order valence-corrected chi connectivity index (χ1v) is 30.4. The van der Waals surface area contributed by atoms with Crippen LogP contribution in [-0.2, 0) is 58.7 Å². The van der Waals surface area contributed by atoms with E-state index < -0.39 is 11.6 Å². The molecule has 0 heterocycles. The van der Waals surface area contributed by atoms with Crippen molar-refractivity contribution in [2.75, 3.05) is 13.2 Å². The molecule has 0 radical (unpaired) electrons. The second-order valence-corrected chi connectivity index (χ2v) is 32.4. The van der Waals surface area contributed by atoms with Crippen LogP contribution in [0.15, 0.2) is 97.1 Å². The second kappa shape index (κ2) is 26.5. The zero-order valence-electron chi connectivity index (χ0n) is 57.0. The molecule has 2 atom stereocenters. The summed E-state index contributed by atoms with van der Waals surface area (Å²) in [5, 5.41) is 25.4. The van der Waals surface area contributed by atoms with Crippen LogP contribution in [0, 0.1) is 49.2 Å². The van der Waals surface area contributed by atoms with Crippen molar-refractivity contribution in [3.63, 3.8) is 0 Å². The van der Waals surface area contributed by atoms with Gasteiger partial charge < -0.3 is 34.5 Å². The Balaban J connectivity index is 0.00000516. The molecule has 0 spiro atoms. The van der Waals surface area contributed by atoms with E-state index in [-0.39, 0.29) is 108 Å². The molecular weight excluding hydrogens is 1130 g/mol. The molecule has 1 saturated carbocycles. The first-order chi connectivity index (χ1) is 37.5. The van der Waals surface area contributed by atoms with Gasteiger partial charge >= 0.3 is 26.2 Å². The maximum atomic E-state index is 15.8. The van der Waals surface area contributed by atoms with E-state index >= 15 is 8.78 Å². The van der Waals surface area contributed by atoms with E-state index in [9.17, 15) is 10.2 Å². The predicted octanol–water partition coefficient (Wildman–Crippen LogP) is 22.8. The first-order valence-electron chi connectivity index (χ1n) is 30.4. The number of rotatable bonds is 14. The van der Waals surface area contributed by atoms with Gasteiger partial charge in [0.05, 0.1) is 13.2 Å². The molecule has 0 amide bonds. The van der Waals surface area contributed by atoms with E-state index in [4.69, 9.17) is 9.47 Å². The van der Waals surface area contributed by atoms with Crippen molar-refractivity contribution in [1.82, 2.24) is 0 Å². The van der Waals surface area contributed by atoms with Crippen LogP contribution < -0.4 is 9.47 Å². The van der Waals surface area contributed by atoms with E-state index in [0.29, 0.717) is 58.1 Å². The summed E-state index contributed by atoms with van der Waals surface area (Å²) in [7, 11) is 0. The molecule has 1 aliphatic carbocycles. The van der Waals surface area contributed by atoms with Crippen LogP contribution in [0.1, 0.15) is 224 Å². The Labute approximate surface area is 534 Å². The summed E-state index contributed by atoms with van der Waals surface area (Å²) >= 11 is 0. The topological polar surface area (TPSA) is 58.9 Å². The van der Waals surface area contributed by atoms with Crippen LogP contribution in [-0.4, -0.2) is 23.4 Å². The van der Waals surface area contributed by atoms with Crippen LogP contribution in [0.25, 0.3) is 44.5 Å². The van der Waals surface area contributed by atoms with E-state index in [2.05, 4.69) is 213 Å². The minimum atomic E-state index is -0.416. The molecule has 1 fully saturated rings. The van der Waals surface area contributed by atoms with E-state index in [1.165, 1.54) is 46.5 Å². The Morgan fingerprint density at radius 3 is 0.929 bits per heavy atom. The van der Waals surface area contributed by atoms with Crippen molar-refractivity contribution in [2.24, 2.45) is 22.7 Å². The summed E-state index contributed by atoms with van der Waals surface area (Å²) in [6, 6.07) is 31.1. The molecular formula is C78H108F2O4Zr. The fourth-order valence-electron chi connectivity index (χ4n) is 12.8. The van der Waals surface area contributed by atoms with Crippen molar-refractivity contribution in [1.29, 1.82) is 0 Å². The standard InChI is InChI=1S/C76H102F2O4.2CH3.Zr/c1-69(2,3)45-75(19,20)55-37-59(49-31-51(71(7,8)9)35-52(32-49)72(10,11)12)67(79)63(39-55)61-41-57(77)27-29-65(61)81-43-47-25-23-24-26-48(47)44-82-66-30-28-58(78)42-62(66)64-40-56(76(21,22)46-70(4,5)6)38-60(68(64)80)50-33-53(73(13,14)15)36-54(34-50)74(16,17)18;;;/h27-42,47-48,79-80H,23-26,43-46H2,1-22H3;2*1H3;/q;2*-1;+2. The summed E-state index contributed by atoms with van der Waals surface area (Å²) in [5.74, 6) is 0.517. The summed E-state index contributed by atoms with van der Waals surface area (Å²) in [4.78, 5) is 0. The molecule has 0 aliphatic heterocycles. The molecule has 0 bridgehead atoms. The van der Waals surface area contributed by atoms with Crippen molar-refractivity contribution in [3.8, 4) is 67.5 Å². The Bertz CT molecular complexity index is 2980. The number of hydrogen-bond acceptors (Lipinski definition) is 4. The number of phenolic OH excluding ortho intramolecular Hbond substituents is 2. The average molecular weight is 1240 g/mol. The predicted molar refractivity (Wildman–Crippen MR) is 356 cm³/mol. The Kier molecular flexibility index (Phi) is 22.7. The molecule has 2 N–H and O–H groups in total. The third kappa shape index (κ3) is 18.0. The Hall–Kier alpha value is -4.74. The maximum Gasteiger partial charge on any atom is 2.00 e. The smallest absolute Gasteiger partial charge is 0.507 e. The molecule has 2 unspecified atom stereocenters. The minimum Gasteiger partial charge on any atom is -0.507 e. The van der Waals surface area contributed by atoms with E-state index in [0.717, 1.165) is 60.8 Å². The molecule has 462 valence electrons. The van der Waals surface area contributed by atoms with Gasteiger partial charge in [0.2, 0.25) is 0 Å². The first kappa shape index (κ1) is 72.7. The molecule has 0 aromatic heterocycles. The molecule has 6 aromatic rings. The summed E-state index contributed by atoms with van der Waals surface area (Å²) in [5.41, 5.74) is 10.9. The third-order valence-corrected chi connectivity index (χ3v) is 17.1. The van der Waals surface area contributed by atoms with E-state index in [1.54, 1.807) is 12.1 Å². The zero-order valence-corrected chi connectivity index (χ0v) is 59.5. The third-order valence-electron chi connectivity index (χ3n) is 17.1. The van der Waals surface area contributed by atoms with Gasteiger partial charge in [0.15, 0.2) is 0 Å². The number of halogens is 2. The molecule has 7 rings (SSSR count). The number of ether oxygens (including phenoxy) is 2.